The van der Waals surface area contributed by atoms with Gasteiger partial charge in [0.15, 0.2) is 6.29 Å². The quantitative estimate of drug-likeness (QED) is 0.440. The Morgan fingerprint density at radius 1 is 1.38 bits per heavy atom. The maximum Gasteiger partial charge on any atom is 0.221 e. The molecule has 0 radical (unpaired) electrons. The maximum absolute atomic E-state index is 9.71. The van der Waals surface area contributed by atoms with Gasteiger partial charge in [-0.3, -0.25) is 0 Å². The van der Waals surface area contributed by atoms with E-state index >= 15 is 0 Å². The predicted octanol–water partition coefficient (Wildman–Crippen LogP) is -2.20. The molecule has 1 heterocycles. The molecule has 5 atom stereocenters. The van der Waals surface area contributed by atoms with Crippen molar-refractivity contribution in [1.82, 2.24) is 0 Å². The first kappa shape index (κ1) is 13.8. The third kappa shape index (κ3) is 2.35. The largest absolute Gasteiger partial charge is 0.391 e. The third-order valence-corrected chi connectivity index (χ3v) is 2.54. The molecule has 1 saturated heterocycles. The van der Waals surface area contributed by atoms with Crippen LogP contribution in [-0.2, 0) is 14.2 Å². The van der Waals surface area contributed by atoms with Crippen LogP contribution in [0.2, 0.25) is 0 Å². The number of hydrogen-bond acceptors (Lipinski definition) is 7. The molecule has 4 N–H and O–H groups in total. The van der Waals surface area contributed by atoms with Gasteiger partial charge in [-0.25, -0.2) is 0 Å². The Morgan fingerprint density at radius 2 is 2.00 bits per heavy atom. The minimum atomic E-state index is -2.24. The molecule has 0 aliphatic carbocycles. The van der Waals surface area contributed by atoms with Crippen molar-refractivity contribution >= 4 is 0 Å². The molecule has 96 valence electrons. The zero-order valence-electron chi connectivity index (χ0n) is 9.24. The van der Waals surface area contributed by atoms with Gasteiger partial charge in [0.1, 0.15) is 18.3 Å². The lowest BCUT2D eigenvalue weighted by Crippen LogP contribution is -2.66. The van der Waals surface area contributed by atoms with Crippen LogP contribution in [0.25, 0.3) is 0 Å². The van der Waals surface area contributed by atoms with Crippen LogP contribution in [0.3, 0.4) is 0 Å². The fraction of sp³-hybridized carbons (Fsp3) is 1.00. The molecule has 0 spiro atoms. The van der Waals surface area contributed by atoms with Gasteiger partial charge >= 0.3 is 0 Å². The molecule has 1 rings (SSSR count). The summed E-state index contributed by atoms with van der Waals surface area (Å²) in [6.07, 6.45) is -5.06. The Bertz CT molecular complexity index is 224. The van der Waals surface area contributed by atoms with Crippen molar-refractivity contribution in [3.05, 3.63) is 0 Å². The summed E-state index contributed by atoms with van der Waals surface area (Å²) < 4.78 is 15.0. The van der Waals surface area contributed by atoms with Crippen molar-refractivity contribution in [3.8, 4) is 0 Å². The predicted molar refractivity (Wildman–Crippen MR) is 51.3 cm³/mol. The zero-order valence-corrected chi connectivity index (χ0v) is 9.24. The van der Waals surface area contributed by atoms with E-state index in [4.69, 9.17) is 19.3 Å². The summed E-state index contributed by atoms with van der Waals surface area (Å²) in [6.45, 7) is 1.12. The van der Waals surface area contributed by atoms with E-state index in [1.807, 2.05) is 0 Å². The van der Waals surface area contributed by atoms with Gasteiger partial charge in [0.05, 0.1) is 6.61 Å². The second kappa shape index (κ2) is 5.37. The van der Waals surface area contributed by atoms with Gasteiger partial charge in [-0.1, -0.05) is 0 Å². The third-order valence-electron chi connectivity index (χ3n) is 2.54. The Morgan fingerprint density at radius 3 is 2.44 bits per heavy atom. The van der Waals surface area contributed by atoms with Crippen molar-refractivity contribution in [2.45, 2.75) is 37.3 Å². The summed E-state index contributed by atoms with van der Waals surface area (Å²) in [6, 6.07) is 0. The zero-order chi connectivity index (χ0) is 12.3. The highest BCUT2D eigenvalue weighted by Crippen LogP contribution is 2.29. The summed E-state index contributed by atoms with van der Waals surface area (Å²) in [5.41, 5.74) is 0. The minimum Gasteiger partial charge on any atom is -0.391 e. The Balaban J connectivity index is 2.85. The van der Waals surface area contributed by atoms with E-state index in [9.17, 15) is 15.3 Å². The highest BCUT2D eigenvalue weighted by molar-refractivity contribution is 4.94. The number of ether oxygens (including phenoxy) is 3. The minimum absolute atomic E-state index is 0.273. The fourth-order valence-electron chi connectivity index (χ4n) is 1.62. The Labute approximate surface area is 93.2 Å². The van der Waals surface area contributed by atoms with Gasteiger partial charge in [-0.15, -0.1) is 0 Å². The topological polar surface area (TPSA) is 109 Å². The number of methoxy groups -OCH3 is 1. The SMILES string of the molecule is CCOC1OC(O)(CO)[C@H](O)[C@H](O)[C@H]1OC. The molecule has 0 saturated carbocycles. The summed E-state index contributed by atoms with van der Waals surface area (Å²) >= 11 is 0. The molecule has 2 unspecified atom stereocenters. The van der Waals surface area contributed by atoms with Gasteiger partial charge in [0.25, 0.3) is 0 Å². The van der Waals surface area contributed by atoms with Gasteiger partial charge in [0, 0.05) is 13.7 Å². The van der Waals surface area contributed by atoms with Crippen LogP contribution in [0.1, 0.15) is 6.92 Å². The van der Waals surface area contributed by atoms with Gasteiger partial charge < -0.3 is 34.6 Å². The van der Waals surface area contributed by atoms with Crippen molar-refractivity contribution < 1.29 is 34.6 Å². The molecule has 7 heteroatoms. The van der Waals surface area contributed by atoms with Crippen molar-refractivity contribution in [3.63, 3.8) is 0 Å². The lowest BCUT2D eigenvalue weighted by Gasteiger charge is -2.45. The van der Waals surface area contributed by atoms with Crippen LogP contribution in [0.15, 0.2) is 0 Å². The summed E-state index contributed by atoms with van der Waals surface area (Å²) in [5, 5.41) is 37.9. The molecule has 16 heavy (non-hydrogen) atoms. The molecule has 1 fully saturated rings. The highest BCUT2D eigenvalue weighted by atomic mass is 16.8. The van der Waals surface area contributed by atoms with E-state index in [-0.39, 0.29) is 6.61 Å². The molecule has 0 amide bonds. The molecule has 0 aromatic carbocycles. The van der Waals surface area contributed by atoms with Crippen LogP contribution in [0.4, 0.5) is 0 Å². The van der Waals surface area contributed by atoms with Gasteiger partial charge in [-0.05, 0) is 6.92 Å². The van der Waals surface area contributed by atoms with E-state index in [2.05, 4.69) is 0 Å². The highest BCUT2D eigenvalue weighted by Gasteiger charge is 2.53. The van der Waals surface area contributed by atoms with Crippen LogP contribution in [-0.4, -0.2) is 71.1 Å². The monoisotopic (exact) mass is 238 g/mol. The second-order valence-electron chi connectivity index (χ2n) is 3.58. The number of hydrogen-bond donors (Lipinski definition) is 4. The number of aliphatic hydroxyl groups is 4. The first-order valence-corrected chi connectivity index (χ1v) is 5.01. The van der Waals surface area contributed by atoms with E-state index in [1.54, 1.807) is 6.92 Å². The lowest BCUT2D eigenvalue weighted by molar-refractivity contribution is -0.398. The van der Waals surface area contributed by atoms with E-state index in [0.29, 0.717) is 0 Å². The van der Waals surface area contributed by atoms with Crippen molar-refractivity contribution in [2.24, 2.45) is 0 Å². The Hall–Kier alpha value is -0.280. The van der Waals surface area contributed by atoms with E-state index in [1.165, 1.54) is 7.11 Å². The maximum atomic E-state index is 9.71. The summed E-state index contributed by atoms with van der Waals surface area (Å²) in [5.74, 6) is -2.24. The molecule has 1 aliphatic rings. The van der Waals surface area contributed by atoms with Gasteiger partial charge in [0.2, 0.25) is 5.79 Å². The van der Waals surface area contributed by atoms with E-state index in [0.717, 1.165) is 0 Å². The molecular formula is C9H18O7. The smallest absolute Gasteiger partial charge is 0.221 e. The molecule has 0 aromatic rings. The van der Waals surface area contributed by atoms with Crippen LogP contribution in [0.5, 0.6) is 0 Å². The first-order valence-electron chi connectivity index (χ1n) is 5.01. The standard InChI is InChI=1S/C9H18O7/c1-3-15-8-6(14-2)5(11)7(12)9(13,4-10)16-8/h5-8,10-13H,3-4H2,1-2H3/t5-,6-,7-,8?,9?/m1/s1. The molecule has 1 aliphatic heterocycles. The fourth-order valence-corrected chi connectivity index (χ4v) is 1.62. The van der Waals surface area contributed by atoms with Crippen LogP contribution >= 0.6 is 0 Å². The average Bonchev–Trinajstić information content (AvgIpc) is 2.27. The second-order valence-corrected chi connectivity index (χ2v) is 3.58. The van der Waals surface area contributed by atoms with Crippen LogP contribution < -0.4 is 0 Å². The molecular weight excluding hydrogens is 220 g/mol. The van der Waals surface area contributed by atoms with E-state index < -0.39 is 37.0 Å². The van der Waals surface area contributed by atoms with Crippen molar-refractivity contribution in [2.75, 3.05) is 20.3 Å². The normalized spacial score (nSPS) is 44.6. The number of rotatable bonds is 4. The lowest BCUT2D eigenvalue weighted by atomic mass is 9.96. The van der Waals surface area contributed by atoms with Crippen molar-refractivity contribution in [1.29, 1.82) is 0 Å². The summed E-state index contributed by atoms with van der Waals surface area (Å²) in [7, 11) is 1.32. The number of aliphatic hydroxyl groups excluding tert-OH is 3. The van der Waals surface area contributed by atoms with Crippen LogP contribution in [0, 0.1) is 0 Å². The Kier molecular flexibility index (Phi) is 4.62. The molecule has 0 bridgehead atoms. The first-order chi connectivity index (χ1) is 7.50. The molecule has 0 aromatic heterocycles. The summed E-state index contributed by atoms with van der Waals surface area (Å²) in [4.78, 5) is 0. The van der Waals surface area contributed by atoms with Gasteiger partial charge in [-0.2, -0.15) is 0 Å². The average molecular weight is 238 g/mol. The molecule has 7 nitrogen and oxygen atoms in total.